The van der Waals surface area contributed by atoms with Crippen LogP contribution in [0.2, 0.25) is 0 Å². The Kier molecular flexibility index (Phi) is 5.63. The van der Waals surface area contributed by atoms with Gasteiger partial charge in [-0.15, -0.1) is 0 Å². The molecule has 3 N–H and O–H groups in total. The van der Waals surface area contributed by atoms with Gasteiger partial charge in [0.1, 0.15) is 5.75 Å². The molecule has 0 heterocycles. The van der Waals surface area contributed by atoms with E-state index in [1.165, 1.54) is 0 Å². The summed E-state index contributed by atoms with van der Waals surface area (Å²) in [4.78, 5) is 14.2. The van der Waals surface area contributed by atoms with E-state index in [-0.39, 0.29) is 18.6 Å². The van der Waals surface area contributed by atoms with Gasteiger partial charge < -0.3 is 20.5 Å². The molecule has 1 rings (SSSR count). The Labute approximate surface area is 114 Å². The molecule has 0 saturated carbocycles. The van der Waals surface area contributed by atoms with Gasteiger partial charge in [0.05, 0.1) is 12.7 Å². The van der Waals surface area contributed by atoms with Gasteiger partial charge in [0.25, 0.3) is 5.91 Å². The number of carbonyl (C=O) groups is 1. The van der Waals surface area contributed by atoms with Gasteiger partial charge in [-0.05, 0) is 38.5 Å². The van der Waals surface area contributed by atoms with Crippen LogP contribution in [0.5, 0.6) is 5.75 Å². The lowest BCUT2D eigenvalue weighted by molar-refractivity contribution is 0.0694. The molecular formula is C14H22N2O3. The molecule has 19 heavy (non-hydrogen) atoms. The fourth-order valence-corrected chi connectivity index (χ4v) is 1.84. The van der Waals surface area contributed by atoms with Crippen molar-refractivity contribution in [1.82, 2.24) is 4.90 Å². The minimum Gasteiger partial charge on any atom is -0.497 e. The molecular weight excluding hydrogens is 244 g/mol. The SMILES string of the molecule is COc1ccc(N)c(C(=O)N(CCCO)C(C)C)c1. The minimum absolute atomic E-state index is 0.0460. The predicted octanol–water partition coefficient (Wildman–Crippen LogP) is 1.51. The average Bonchev–Trinajstić information content (AvgIpc) is 2.39. The Morgan fingerprint density at radius 1 is 1.47 bits per heavy atom. The number of carbonyl (C=O) groups excluding carboxylic acids is 1. The molecule has 0 aliphatic carbocycles. The third-order valence-electron chi connectivity index (χ3n) is 2.93. The molecule has 106 valence electrons. The number of aliphatic hydroxyl groups excluding tert-OH is 1. The summed E-state index contributed by atoms with van der Waals surface area (Å²) in [6, 6.07) is 5.08. The van der Waals surface area contributed by atoms with Crippen LogP contribution in [-0.2, 0) is 0 Å². The van der Waals surface area contributed by atoms with Crippen LogP contribution in [0, 0.1) is 0 Å². The second-order valence-corrected chi connectivity index (χ2v) is 4.62. The molecule has 0 spiro atoms. The van der Waals surface area contributed by atoms with E-state index in [1.54, 1.807) is 30.2 Å². The lowest BCUT2D eigenvalue weighted by Gasteiger charge is -2.27. The van der Waals surface area contributed by atoms with E-state index < -0.39 is 0 Å². The van der Waals surface area contributed by atoms with Gasteiger partial charge in [-0.3, -0.25) is 4.79 Å². The van der Waals surface area contributed by atoms with Gasteiger partial charge in [0.2, 0.25) is 0 Å². The highest BCUT2D eigenvalue weighted by Gasteiger charge is 2.20. The second-order valence-electron chi connectivity index (χ2n) is 4.62. The van der Waals surface area contributed by atoms with E-state index in [0.29, 0.717) is 30.0 Å². The van der Waals surface area contributed by atoms with Crippen LogP contribution < -0.4 is 10.5 Å². The van der Waals surface area contributed by atoms with Crippen molar-refractivity contribution < 1.29 is 14.6 Å². The van der Waals surface area contributed by atoms with E-state index >= 15 is 0 Å². The van der Waals surface area contributed by atoms with Crippen molar-refractivity contribution >= 4 is 11.6 Å². The molecule has 1 amide bonds. The lowest BCUT2D eigenvalue weighted by atomic mass is 10.1. The topological polar surface area (TPSA) is 75.8 Å². The maximum absolute atomic E-state index is 12.5. The molecule has 0 aliphatic heterocycles. The van der Waals surface area contributed by atoms with Gasteiger partial charge in [0.15, 0.2) is 0 Å². The molecule has 0 aliphatic rings. The predicted molar refractivity (Wildman–Crippen MR) is 75.3 cm³/mol. The first kappa shape index (κ1) is 15.3. The Bertz CT molecular complexity index is 433. The Balaban J connectivity index is 3.01. The highest BCUT2D eigenvalue weighted by Crippen LogP contribution is 2.22. The number of methoxy groups -OCH3 is 1. The normalized spacial score (nSPS) is 10.6. The van der Waals surface area contributed by atoms with Crippen molar-refractivity contribution in [3.63, 3.8) is 0 Å². The summed E-state index contributed by atoms with van der Waals surface area (Å²) in [6.07, 6.45) is 0.549. The second kappa shape index (κ2) is 6.99. The van der Waals surface area contributed by atoms with E-state index in [4.69, 9.17) is 15.6 Å². The third kappa shape index (κ3) is 3.86. The smallest absolute Gasteiger partial charge is 0.256 e. The third-order valence-corrected chi connectivity index (χ3v) is 2.93. The molecule has 1 aromatic carbocycles. The van der Waals surface area contributed by atoms with Gasteiger partial charge in [0, 0.05) is 24.9 Å². The summed E-state index contributed by atoms with van der Waals surface area (Å²) < 4.78 is 5.12. The molecule has 5 heteroatoms. The molecule has 0 radical (unpaired) electrons. The first-order chi connectivity index (χ1) is 9.01. The van der Waals surface area contributed by atoms with Gasteiger partial charge in [-0.25, -0.2) is 0 Å². The molecule has 0 fully saturated rings. The Morgan fingerprint density at radius 3 is 2.68 bits per heavy atom. The maximum Gasteiger partial charge on any atom is 0.256 e. The van der Waals surface area contributed by atoms with Crippen LogP contribution in [0.15, 0.2) is 18.2 Å². The fraction of sp³-hybridized carbons (Fsp3) is 0.500. The molecule has 5 nitrogen and oxygen atoms in total. The quantitative estimate of drug-likeness (QED) is 0.765. The van der Waals surface area contributed by atoms with Crippen molar-refractivity contribution in [3.05, 3.63) is 23.8 Å². The van der Waals surface area contributed by atoms with Crippen molar-refractivity contribution in [3.8, 4) is 5.75 Å². The van der Waals surface area contributed by atoms with Crippen molar-refractivity contribution in [2.75, 3.05) is 26.0 Å². The number of nitrogens with two attached hydrogens (primary N) is 1. The average molecular weight is 266 g/mol. The lowest BCUT2D eigenvalue weighted by Crippen LogP contribution is -2.38. The first-order valence-electron chi connectivity index (χ1n) is 6.36. The summed E-state index contributed by atoms with van der Waals surface area (Å²) in [7, 11) is 1.55. The van der Waals surface area contributed by atoms with E-state index in [1.807, 2.05) is 13.8 Å². The first-order valence-corrected chi connectivity index (χ1v) is 6.36. The minimum atomic E-state index is -0.139. The number of hydrogen-bond acceptors (Lipinski definition) is 4. The number of nitrogen functional groups attached to an aromatic ring is 1. The summed E-state index contributed by atoms with van der Waals surface area (Å²) in [6.45, 7) is 4.44. The molecule has 0 unspecified atom stereocenters. The van der Waals surface area contributed by atoms with Crippen LogP contribution in [0.3, 0.4) is 0 Å². The number of amides is 1. The number of hydrogen-bond donors (Lipinski definition) is 2. The van der Waals surface area contributed by atoms with E-state index in [2.05, 4.69) is 0 Å². The number of nitrogens with zero attached hydrogens (tertiary/aromatic N) is 1. The molecule has 0 saturated heterocycles. The van der Waals surface area contributed by atoms with E-state index in [0.717, 1.165) is 0 Å². The highest BCUT2D eigenvalue weighted by atomic mass is 16.5. The van der Waals surface area contributed by atoms with Crippen LogP contribution in [-0.4, -0.2) is 42.2 Å². The number of ether oxygens (including phenoxy) is 1. The zero-order valence-electron chi connectivity index (χ0n) is 11.7. The number of rotatable bonds is 6. The molecule has 1 aromatic rings. The van der Waals surface area contributed by atoms with Crippen molar-refractivity contribution in [1.29, 1.82) is 0 Å². The molecule has 0 bridgehead atoms. The van der Waals surface area contributed by atoms with Crippen LogP contribution >= 0.6 is 0 Å². The monoisotopic (exact) mass is 266 g/mol. The zero-order valence-corrected chi connectivity index (χ0v) is 11.7. The maximum atomic E-state index is 12.5. The van der Waals surface area contributed by atoms with Crippen LogP contribution in [0.1, 0.15) is 30.6 Å². The number of aliphatic hydroxyl groups is 1. The van der Waals surface area contributed by atoms with Gasteiger partial charge in [-0.1, -0.05) is 0 Å². The highest BCUT2D eigenvalue weighted by molar-refractivity contribution is 5.99. The summed E-state index contributed by atoms with van der Waals surface area (Å²) in [5, 5.41) is 8.90. The van der Waals surface area contributed by atoms with Crippen molar-refractivity contribution in [2.24, 2.45) is 0 Å². The molecule has 0 atom stereocenters. The summed E-state index contributed by atoms with van der Waals surface area (Å²) in [5.41, 5.74) is 6.73. The van der Waals surface area contributed by atoms with Gasteiger partial charge in [-0.2, -0.15) is 0 Å². The number of anilines is 1. The Hall–Kier alpha value is -1.75. The van der Waals surface area contributed by atoms with Gasteiger partial charge >= 0.3 is 0 Å². The van der Waals surface area contributed by atoms with Crippen LogP contribution in [0.25, 0.3) is 0 Å². The van der Waals surface area contributed by atoms with E-state index in [9.17, 15) is 4.79 Å². The molecule has 0 aromatic heterocycles. The Morgan fingerprint density at radius 2 is 2.16 bits per heavy atom. The van der Waals surface area contributed by atoms with Crippen molar-refractivity contribution in [2.45, 2.75) is 26.3 Å². The summed E-state index contributed by atoms with van der Waals surface area (Å²) in [5.74, 6) is 0.461. The standard InChI is InChI=1S/C14H22N2O3/c1-10(2)16(7-4-8-17)14(18)12-9-11(19-3)5-6-13(12)15/h5-6,9-10,17H,4,7-8,15H2,1-3H3. The fourth-order valence-electron chi connectivity index (χ4n) is 1.84. The number of benzene rings is 1. The largest absolute Gasteiger partial charge is 0.497 e. The zero-order chi connectivity index (χ0) is 14.4. The summed E-state index contributed by atoms with van der Waals surface area (Å²) >= 11 is 0. The van der Waals surface area contributed by atoms with Crippen LogP contribution in [0.4, 0.5) is 5.69 Å².